The molecule has 26 heavy (non-hydrogen) atoms. The molecule has 3 aromatic rings. The summed E-state index contributed by atoms with van der Waals surface area (Å²) in [5.41, 5.74) is 0.906. The van der Waals surface area contributed by atoms with Crippen molar-refractivity contribution in [3.63, 3.8) is 0 Å². The molecule has 0 atom stereocenters. The Labute approximate surface area is 158 Å². The Hall–Kier alpha value is -1.74. The summed E-state index contributed by atoms with van der Waals surface area (Å²) in [5, 5.41) is 7.89. The van der Waals surface area contributed by atoms with Gasteiger partial charge in [0.15, 0.2) is 0 Å². The van der Waals surface area contributed by atoms with Crippen LogP contribution in [0.2, 0.25) is 25.7 Å². The van der Waals surface area contributed by atoms with Gasteiger partial charge in [-0.05, 0) is 24.2 Å². The van der Waals surface area contributed by atoms with E-state index in [-0.39, 0.29) is 5.91 Å². The number of ether oxygens (including phenoxy) is 1. The summed E-state index contributed by atoms with van der Waals surface area (Å²) in [5.74, 6) is -0.149. The molecule has 0 radical (unpaired) electrons. The summed E-state index contributed by atoms with van der Waals surface area (Å²) in [6.45, 7) is 8.23. The van der Waals surface area contributed by atoms with Crippen LogP contribution >= 0.6 is 11.3 Å². The summed E-state index contributed by atoms with van der Waals surface area (Å²) in [6, 6.07) is 7.05. The average molecular weight is 392 g/mol. The van der Waals surface area contributed by atoms with E-state index in [1.165, 1.54) is 23.5 Å². The molecule has 1 amide bonds. The molecule has 0 saturated carbocycles. The number of fused-ring (bicyclic) bond motifs is 3. The summed E-state index contributed by atoms with van der Waals surface area (Å²) >= 11 is 1.46. The van der Waals surface area contributed by atoms with Crippen LogP contribution in [0.4, 0.5) is 0 Å². The van der Waals surface area contributed by atoms with Gasteiger partial charge in [-0.3, -0.25) is 9.63 Å². The average Bonchev–Trinajstić information content (AvgIpc) is 3.19. The second-order valence-corrected chi connectivity index (χ2v) is 14.2. The molecule has 2 heterocycles. The van der Waals surface area contributed by atoms with Gasteiger partial charge in [0.1, 0.15) is 6.73 Å². The molecule has 0 spiro atoms. The molecule has 0 aliphatic heterocycles. The fraction of sp³-hybridized carbons (Fsp3) is 0.444. The van der Waals surface area contributed by atoms with E-state index in [9.17, 15) is 4.79 Å². The number of carbonyl (C=O) groups excluding carboxylic acids is 1. The van der Waals surface area contributed by atoms with Crippen LogP contribution < -0.4 is 0 Å². The molecular weight excluding hydrogens is 366 g/mol. The van der Waals surface area contributed by atoms with Gasteiger partial charge in [0.05, 0.1) is 17.5 Å². The molecule has 1 aromatic carbocycles. The largest absolute Gasteiger partial charge is 0.360 e. The van der Waals surface area contributed by atoms with Crippen LogP contribution in [0.1, 0.15) is 9.67 Å². The van der Waals surface area contributed by atoms with Crippen LogP contribution in [0.15, 0.2) is 24.4 Å². The Balaban J connectivity index is 1.81. The summed E-state index contributed by atoms with van der Waals surface area (Å²) < 4.78 is 8.68. The minimum atomic E-state index is -1.08. The van der Waals surface area contributed by atoms with Gasteiger partial charge in [0.2, 0.25) is 0 Å². The normalized spacial score (nSPS) is 12.2. The third-order valence-corrected chi connectivity index (χ3v) is 7.02. The third kappa shape index (κ3) is 4.15. The lowest BCUT2D eigenvalue weighted by atomic mass is 10.2. The molecule has 8 heteroatoms. The fourth-order valence-corrected chi connectivity index (χ4v) is 4.41. The number of aromatic nitrogens is 2. The van der Waals surface area contributed by atoms with Gasteiger partial charge in [-0.15, -0.1) is 11.3 Å². The number of rotatable bonds is 7. The number of amides is 1. The molecule has 140 valence electrons. The first-order chi connectivity index (χ1) is 12.3. The quantitative estimate of drug-likeness (QED) is 0.344. The maximum absolute atomic E-state index is 12.3. The van der Waals surface area contributed by atoms with Crippen LogP contribution in [0, 0.1) is 0 Å². The van der Waals surface area contributed by atoms with Crippen molar-refractivity contribution in [2.24, 2.45) is 0 Å². The Bertz CT molecular complexity index is 929. The number of benzene rings is 1. The van der Waals surface area contributed by atoms with E-state index in [1.807, 2.05) is 29.1 Å². The summed E-state index contributed by atoms with van der Waals surface area (Å²) in [7, 11) is 2.01. The molecule has 6 nitrogen and oxygen atoms in total. The van der Waals surface area contributed by atoms with Gasteiger partial charge >= 0.3 is 0 Å². The van der Waals surface area contributed by atoms with Crippen LogP contribution in [-0.2, 0) is 16.3 Å². The molecule has 3 rings (SSSR count). The molecule has 0 aliphatic rings. The monoisotopic (exact) mass is 391 g/mol. The first-order valence-electron chi connectivity index (χ1n) is 8.58. The second-order valence-electron chi connectivity index (χ2n) is 7.52. The summed E-state index contributed by atoms with van der Waals surface area (Å²) in [6.07, 6.45) is 1.99. The molecule has 2 aromatic heterocycles. The van der Waals surface area contributed by atoms with Crippen LogP contribution in [0.25, 0.3) is 21.0 Å². The number of hydrogen-bond acceptors (Lipinski definition) is 5. The number of hydrogen-bond donors (Lipinski definition) is 0. The zero-order valence-electron chi connectivity index (χ0n) is 15.9. The number of carbonyl (C=O) groups is 1. The second kappa shape index (κ2) is 7.48. The lowest BCUT2D eigenvalue weighted by molar-refractivity contribution is -0.0753. The van der Waals surface area contributed by atoms with Gasteiger partial charge in [-0.1, -0.05) is 19.6 Å². The molecule has 0 fully saturated rings. The highest BCUT2D eigenvalue weighted by molar-refractivity contribution is 7.21. The van der Waals surface area contributed by atoms with Crippen molar-refractivity contribution in [1.82, 2.24) is 14.8 Å². The van der Waals surface area contributed by atoms with Crippen LogP contribution in [0.5, 0.6) is 0 Å². The fourth-order valence-electron chi connectivity index (χ4n) is 2.61. The third-order valence-electron chi connectivity index (χ3n) is 4.22. The van der Waals surface area contributed by atoms with E-state index >= 15 is 0 Å². The van der Waals surface area contributed by atoms with Crippen molar-refractivity contribution in [1.29, 1.82) is 0 Å². The van der Waals surface area contributed by atoms with Gasteiger partial charge in [0, 0.05) is 43.4 Å². The Morgan fingerprint density at radius 1 is 1.31 bits per heavy atom. The van der Waals surface area contributed by atoms with E-state index in [0.29, 0.717) is 11.6 Å². The highest BCUT2D eigenvalue weighted by atomic mass is 32.1. The maximum atomic E-state index is 12.3. The van der Waals surface area contributed by atoms with Gasteiger partial charge in [-0.25, -0.2) is 9.75 Å². The highest BCUT2D eigenvalue weighted by Gasteiger charge is 2.17. The van der Waals surface area contributed by atoms with Crippen molar-refractivity contribution in [3.05, 3.63) is 29.3 Å². The molecule has 0 unspecified atom stereocenters. The number of hydroxylamine groups is 2. The molecule has 0 saturated heterocycles. The Kier molecular flexibility index (Phi) is 5.47. The SMILES string of the molecule is CON(C)C(=O)c1cc2c(ccc3nn(COCC[Si](C)(C)C)cc32)s1. The van der Waals surface area contributed by atoms with Crippen molar-refractivity contribution in [2.45, 2.75) is 32.4 Å². The van der Waals surface area contributed by atoms with Gasteiger partial charge < -0.3 is 4.74 Å². The van der Waals surface area contributed by atoms with Crippen molar-refractivity contribution in [3.8, 4) is 0 Å². The van der Waals surface area contributed by atoms with Crippen molar-refractivity contribution >= 4 is 46.3 Å². The standard InChI is InChI=1S/C18H25N3O3SSi/c1-20(23-2)18(22)17-10-13-14-11-21(12-24-8-9-26(3,4)5)19-15(14)6-7-16(13)25-17/h6-7,10-11H,8-9,12H2,1-5H3. The van der Waals surface area contributed by atoms with E-state index in [4.69, 9.17) is 9.57 Å². The number of thiophene rings is 1. The smallest absolute Gasteiger partial charge is 0.287 e. The topological polar surface area (TPSA) is 56.6 Å². The maximum Gasteiger partial charge on any atom is 0.287 e. The van der Waals surface area contributed by atoms with E-state index in [2.05, 4.69) is 24.7 Å². The van der Waals surface area contributed by atoms with E-state index in [1.54, 1.807) is 7.05 Å². The molecular formula is C18H25N3O3SSi. The predicted molar refractivity (Wildman–Crippen MR) is 108 cm³/mol. The Morgan fingerprint density at radius 3 is 2.77 bits per heavy atom. The van der Waals surface area contributed by atoms with Crippen LogP contribution in [-0.4, -0.2) is 49.6 Å². The zero-order chi connectivity index (χ0) is 18.9. The van der Waals surface area contributed by atoms with E-state index in [0.717, 1.165) is 33.6 Å². The van der Waals surface area contributed by atoms with Gasteiger partial charge in [0.25, 0.3) is 5.91 Å². The van der Waals surface area contributed by atoms with Crippen LogP contribution in [0.3, 0.4) is 0 Å². The van der Waals surface area contributed by atoms with Crippen molar-refractivity contribution in [2.75, 3.05) is 20.8 Å². The molecule has 0 aliphatic carbocycles. The minimum Gasteiger partial charge on any atom is -0.360 e. The highest BCUT2D eigenvalue weighted by Crippen LogP contribution is 2.32. The Morgan fingerprint density at radius 2 is 2.08 bits per heavy atom. The van der Waals surface area contributed by atoms with Gasteiger partial charge in [-0.2, -0.15) is 5.10 Å². The molecule has 0 N–H and O–H groups in total. The lowest BCUT2D eigenvalue weighted by Crippen LogP contribution is -2.24. The first-order valence-corrected chi connectivity index (χ1v) is 13.1. The molecule has 0 bridgehead atoms. The zero-order valence-corrected chi connectivity index (χ0v) is 17.7. The lowest BCUT2D eigenvalue weighted by Gasteiger charge is -2.15. The predicted octanol–water partition coefficient (Wildman–Crippen LogP) is 4.20. The summed E-state index contributed by atoms with van der Waals surface area (Å²) in [4.78, 5) is 18.0. The number of nitrogens with zero attached hydrogens (tertiary/aromatic N) is 3. The van der Waals surface area contributed by atoms with E-state index < -0.39 is 8.07 Å². The van der Waals surface area contributed by atoms with Crippen molar-refractivity contribution < 1.29 is 14.4 Å². The first kappa shape index (κ1) is 19.0. The minimum absolute atomic E-state index is 0.149.